The van der Waals surface area contributed by atoms with Crippen LogP contribution in [0.2, 0.25) is 5.02 Å². The van der Waals surface area contributed by atoms with E-state index in [-0.39, 0.29) is 11.4 Å². The Kier molecular flexibility index (Phi) is 6.58. The van der Waals surface area contributed by atoms with Gasteiger partial charge >= 0.3 is 5.97 Å². The fourth-order valence-corrected chi connectivity index (χ4v) is 4.66. The lowest BCUT2D eigenvalue weighted by molar-refractivity contribution is 0.0697. The Morgan fingerprint density at radius 1 is 1.16 bits per heavy atom. The molecule has 1 aromatic heterocycles. The molecule has 0 bridgehead atoms. The van der Waals surface area contributed by atoms with Crippen LogP contribution in [0.1, 0.15) is 21.5 Å². The van der Waals surface area contributed by atoms with E-state index in [1.165, 1.54) is 17.4 Å². The van der Waals surface area contributed by atoms with E-state index < -0.39 is 5.97 Å². The maximum Gasteiger partial charge on any atom is 0.335 e. The number of thiazole rings is 1. The molecule has 0 aliphatic carbocycles. The number of benzene rings is 3. The summed E-state index contributed by atoms with van der Waals surface area (Å²) in [6.45, 7) is 1.12. The zero-order valence-corrected chi connectivity index (χ0v) is 18.8. The molecule has 0 amide bonds. The second-order valence-corrected chi connectivity index (χ2v) is 8.61. The van der Waals surface area contributed by atoms with Crippen molar-refractivity contribution in [1.82, 2.24) is 4.98 Å². The van der Waals surface area contributed by atoms with Gasteiger partial charge in [-0.25, -0.2) is 14.2 Å². The number of methoxy groups -OCH3 is 1. The lowest BCUT2D eigenvalue weighted by Crippen LogP contribution is -2.25. The van der Waals surface area contributed by atoms with Crippen LogP contribution in [0.25, 0.3) is 10.2 Å². The Labute approximate surface area is 193 Å². The molecule has 32 heavy (non-hydrogen) atoms. The lowest BCUT2D eigenvalue weighted by atomic mass is 10.1. The van der Waals surface area contributed by atoms with Crippen LogP contribution < -0.4 is 9.64 Å². The van der Waals surface area contributed by atoms with Crippen molar-refractivity contribution in [3.63, 3.8) is 0 Å². The predicted octanol–water partition coefficient (Wildman–Crippen LogP) is 6.04. The van der Waals surface area contributed by atoms with Crippen LogP contribution in [0, 0.1) is 5.82 Å². The van der Waals surface area contributed by atoms with Crippen molar-refractivity contribution >= 4 is 44.3 Å². The number of hydrogen-bond donors (Lipinski definition) is 1. The first-order valence-corrected chi connectivity index (χ1v) is 11.1. The maximum absolute atomic E-state index is 14.2. The Bertz CT molecular complexity index is 1260. The summed E-state index contributed by atoms with van der Waals surface area (Å²) in [6.07, 6.45) is 0.690. The monoisotopic (exact) mass is 470 g/mol. The number of ether oxygens (including phenoxy) is 1. The summed E-state index contributed by atoms with van der Waals surface area (Å²) < 4.78 is 20.0. The highest BCUT2D eigenvalue weighted by Crippen LogP contribution is 2.32. The fraction of sp³-hybridized carbons (Fsp3) is 0.167. The number of anilines is 1. The first kappa shape index (κ1) is 22.0. The SMILES string of the molecule is COc1ccc(CCN(Cc2ccc(C(=O)O)cc2)c2nc3cccc(F)c3s2)cc1Cl. The van der Waals surface area contributed by atoms with E-state index >= 15 is 0 Å². The Morgan fingerprint density at radius 2 is 1.91 bits per heavy atom. The molecule has 1 N–H and O–H groups in total. The first-order chi connectivity index (χ1) is 15.4. The summed E-state index contributed by atoms with van der Waals surface area (Å²) in [4.78, 5) is 17.9. The van der Waals surface area contributed by atoms with Crippen LogP contribution in [-0.2, 0) is 13.0 Å². The molecule has 4 aromatic rings. The highest BCUT2D eigenvalue weighted by molar-refractivity contribution is 7.22. The van der Waals surface area contributed by atoms with E-state index in [1.54, 1.807) is 43.5 Å². The minimum atomic E-state index is -0.966. The van der Waals surface area contributed by atoms with Gasteiger partial charge in [0.1, 0.15) is 11.6 Å². The number of rotatable bonds is 8. The van der Waals surface area contributed by atoms with Crippen LogP contribution in [0.5, 0.6) is 5.75 Å². The van der Waals surface area contributed by atoms with Crippen LogP contribution >= 0.6 is 22.9 Å². The van der Waals surface area contributed by atoms with Gasteiger partial charge in [0, 0.05) is 13.1 Å². The van der Waals surface area contributed by atoms with Gasteiger partial charge in [-0.05, 0) is 53.9 Å². The molecule has 3 aromatic carbocycles. The summed E-state index contributed by atoms with van der Waals surface area (Å²) in [5.74, 6) is -0.641. The number of hydrogen-bond acceptors (Lipinski definition) is 5. The molecule has 0 atom stereocenters. The smallest absolute Gasteiger partial charge is 0.335 e. The lowest BCUT2D eigenvalue weighted by Gasteiger charge is -2.22. The highest BCUT2D eigenvalue weighted by atomic mass is 35.5. The van der Waals surface area contributed by atoms with E-state index in [0.29, 0.717) is 45.6 Å². The largest absolute Gasteiger partial charge is 0.495 e. The number of carboxylic acids is 1. The van der Waals surface area contributed by atoms with Crippen molar-refractivity contribution in [3.8, 4) is 5.75 Å². The third-order valence-corrected chi connectivity index (χ3v) is 6.52. The van der Waals surface area contributed by atoms with Crippen LogP contribution in [0.4, 0.5) is 9.52 Å². The van der Waals surface area contributed by atoms with Crippen molar-refractivity contribution in [2.75, 3.05) is 18.6 Å². The average Bonchev–Trinajstić information content (AvgIpc) is 3.22. The number of nitrogens with zero attached hydrogens (tertiary/aromatic N) is 2. The molecular formula is C24H20ClFN2O3S. The normalized spacial score (nSPS) is 11.0. The molecule has 0 aliphatic rings. The molecule has 0 unspecified atom stereocenters. The zero-order chi connectivity index (χ0) is 22.7. The minimum absolute atomic E-state index is 0.232. The molecule has 0 aliphatic heterocycles. The summed E-state index contributed by atoms with van der Waals surface area (Å²) in [6, 6.07) is 17.3. The van der Waals surface area contributed by atoms with E-state index in [0.717, 1.165) is 11.1 Å². The Hall–Kier alpha value is -3.16. The molecule has 0 fully saturated rings. The number of aromatic carboxylic acids is 1. The molecule has 0 radical (unpaired) electrons. The van der Waals surface area contributed by atoms with Gasteiger partial charge in [0.15, 0.2) is 5.13 Å². The van der Waals surface area contributed by atoms with Gasteiger partial charge in [0.25, 0.3) is 0 Å². The third kappa shape index (κ3) is 4.84. The van der Waals surface area contributed by atoms with Gasteiger partial charge in [-0.15, -0.1) is 0 Å². The van der Waals surface area contributed by atoms with Gasteiger partial charge < -0.3 is 14.7 Å². The first-order valence-electron chi connectivity index (χ1n) is 9.89. The summed E-state index contributed by atoms with van der Waals surface area (Å²) in [5.41, 5.74) is 2.82. The van der Waals surface area contributed by atoms with Crippen molar-refractivity contribution in [3.05, 3.63) is 88.2 Å². The van der Waals surface area contributed by atoms with Crippen LogP contribution in [-0.4, -0.2) is 29.7 Å². The highest BCUT2D eigenvalue weighted by Gasteiger charge is 2.16. The molecule has 0 spiro atoms. The number of carbonyl (C=O) groups is 1. The molecule has 1 heterocycles. The molecule has 0 saturated heterocycles. The van der Waals surface area contributed by atoms with Gasteiger partial charge in [0.05, 0.1) is 27.9 Å². The van der Waals surface area contributed by atoms with Crippen molar-refractivity contribution in [2.45, 2.75) is 13.0 Å². The van der Waals surface area contributed by atoms with Gasteiger partial charge in [-0.2, -0.15) is 0 Å². The van der Waals surface area contributed by atoms with Crippen LogP contribution in [0.15, 0.2) is 60.7 Å². The number of aromatic nitrogens is 1. The molecule has 8 heteroatoms. The van der Waals surface area contributed by atoms with E-state index in [2.05, 4.69) is 9.88 Å². The summed E-state index contributed by atoms with van der Waals surface area (Å²) in [5, 5.41) is 10.4. The minimum Gasteiger partial charge on any atom is -0.495 e. The predicted molar refractivity (Wildman–Crippen MR) is 126 cm³/mol. The van der Waals surface area contributed by atoms with E-state index in [4.69, 9.17) is 21.4 Å². The van der Waals surface area contributed by atoms with Gasteiger partial charge in [0.2, 0.25) is 0 Å². The number of halogens is 2. The average molecular weight is 471 g/mol. The maximum atomic E-state index is 14.2. The van der Waals surface area contributed by atoms with Gasteiger partial charge in [-0.1, -0.05) is 47.2 Å². The van der Waals surface area contributed by atoms with E-state index in [1.807, 2.05) is 18.2 Å². The topological polar surface area (TPSA) is 62.7 Å². The van der Waals surface area contributed by atoms with E-state index in [9.17, 15) is 9.18 Å². The van der Waals surface area contributed by atoms with Crippen molar-refractivity contribution < 1.29 is 19.0 Å². The Balaban J connectivity index is 1.61. The number of fused-ring (bicyclic) bond motifs is 1. The summed E-state index contributed by atoms with van der Waals surface area (Å²) >= 11 is 7.57. The molecule has 4 rings (SSSR count). The second kappa shape index (κ2) is 9.54. The fourth-order valence-electron chi connectivity index (χ4n) is 3.38. The number of carboxylic acid groups (broad SMARTS) is 1. The molecule has 164 valence electrons. The zero-order valence-electron chi connectivity index (χ0n) is 17.2. The quantitative estimate of drug-likeness (QED) is 0.340. The van der Waals surface area contributed by atoms with Crippen molar-refractivity contribution in [1.29, 1.82) is 0 Å². The Morgan fingerprint density at radius 3 is 2.56 bits per heavy atom. The second-order valence-electron chi connectivity index (χ2n) is 7.23. The summed E-state index contributed by atoms with van der Waals surface area (Å²) in [7, 11) is 1.57. The van der Waals surface area contributed by atoms with Gasteiger partial charge in [-0.3, -0.25) is 0 Å². The molecule has 0 saturated carbocycles. The molecular weight excluding hydrogens is 451 g/mol. The standard InChI is InChI=1S/C24H20ClFN2O3S/c1-31-21-10-7-15(13-18(21)25)11-12-28(14-16-5-8-17(9-6-16)23(29)30)24-27-20-4-2-3-19(26)22(20)32-24/h2-10,13H,11-12,14H2,1H3,(H,29,30). The van der Waals surface area contributed by atoms with Crippen molar-refractivity contribution in [2.24, 2.45) is 0 Å². The van der Waals surface area contributed by atoms with Crippen LogP contribution in [0.3, 0.4) is 0 Å². The third-order valence-electron chi connectivity index (χ3n) is 5.09. The molecule has 5 nitrogen and oxygen atoms in total.